The van der Waals surface area contributed by atoms with E-state index in [0.717, 1.165) is 17.8 Å². The molecule has 1 aromatic carbocycles. The summed E-state index contributed by atoms with van der Waals surface area (Å²) in [6.07, 6.45) is 1.51. The second kappa shape index (κ2) is 6.59. The molecule has 0 spiro atoms. The number of amides is 1. The molecule has 0 bridgehead atoms. The molecule has 1 aromatic heterocycles. The molecule has 1 heterocycles. The summed E-state index contributed by atoms with van der Waals surface area (Å²) >= 11 is 6.10. The van der Waals surface area contributed by atoms with E-state index < -0.39 is 0 Å². The molecule has 0 aliphatic carbocycles. The highest BCUT2D eigenvalue weighted by Gasteiger charge is 2.10. The Labute approximate surface area is 129 Å². The Morgan fingerprint density at radius 2 is 2.00 bits per heavy atom. The Morgan fingerprint density at radius 1 is 1.24 bits per heavy atom. The zero-order valence-corrected chi connectivity index (χ0v) is 13.1. The number of aryl methyl sites for hydroxylation is 2. The molecular weight excluding hydrogens is 286 g/mol. The van der Waals surface area contributed by atoms with Gasteiger partial charge in [0, 0.05) is 18.4 Å². The van der Waals surface area contributed by atoms with Crippen molar-refractivity contribution in [3.8, 4) is 0 Å². The number of halogens is 1. The van der Waals surface area contributed by atoms with Gasteiger partial charge in [0.25, 0.3) is 5.91 Å². The van der Waals surface area contributed by atoms with Crippen LogP contribution in [0.2, 0.25) is 5.02 Å². The Kier molecular flexibility index (Phi) is 4.81. The number of carbonyl (C=O) groups is 1. The van der Waals surface area contributed by atoms with Gasteiger partial charge in [0.1, 0.15) is 5.82 Å². The average molecular weight is 304 g/mol. The van der Waals surface area contributed by atoms with Gasteiger partial charge in [-0.25, -0.2) is 4.98 Å². The van der Waals surface area contributed by atoms with Crippen LogP contribution in [-0.2, 0) is 0 Å². The minimum Gasteiger partial charge on any atom is -0.369 e. The van der Waals surface area contributed by atoms with Crippen LogP contribution in [0, 0.1) is 13.8 Å². The van der Waals surface area contributed by atoms with Crippen molar-refractivity contribution in [3.63, 3.8) is 0 Å². The van der Waals surface area contributed by atoms with Crippen molar-refractivity contribution in [1.82, 2.24) is 4.98 Å². The third-order valence-electron chi connectivity index (χ3n) is 3.21. The molecule has 5 heteroatoms. The van der Waals surface area contributed by atoms with Gasteiger partial charge >= 0.3 is 0 Å². The van der Waals surface area contributed by atoms with Gasteiger partial charge in [-0.05, 0) is 50.1 Å². The zero-order chi connectivity index (χ0) is 15.4. The maximum Gasteiger partial charge on any atom is 0.257 e. The Bertz CT molecular complexity index is 671. The van der Waals surface area contributed by atoms with Gasteiger partial charge in [0.05, 0.1) is 10.6 Å². The van der Waals surface area contributed by atoms with Crippen LogP contribution in [-0.4, -0.2) is 17.4 Å². The number of anilines is 2. The highest BCUT2D eigenvalue weighted by molar-refractivity contribution is 6.33. The highest BCUT2D eigenvalue weighted by Crippen LogP contribution is 2.21. The number of rotatable bonds is 4. The third kappa shape index (κ3) is 3.73. The molecule has 0 unspecified atom stereocenters. The number of aromatic nitrogens is 1. The van der Waals surface area contributed by atoms with Gasteiger partial charge in [-0.15, -0.1) is 0 Å². The minimum atomic E-state index is -0.226. The predicted molar refractivity (Wildman–Crippen MR) is 87.3 cm³/mol. The number of hydrogen-bond donors (Lipinski definition) is 2. The first-order chi connectivity index (χ1) is 10.0. The lowest BCUT2D eigenvalue weighted by Gasteiger charge is -2.09. The summed E-state index contributed by atoms with van der Waals surface area (Å²) in [6.45, 7) is 6.72. The van der Waals surface area contributed by atoms with E-state index in [4.69, 9.17) is 11.6 Å². The molecule has 110 valence electrons. The fraction of sp³-hybridized carbons (Fsp3) is 0.250. The van der Waals surface area contributed by atoms with E-state index in [-0.39, 0.29) is 5.91 Å². The molecule has 4 nitrogen and oxygen atoms in total. The molecule has 0 radical (unpaired) electrons. The number of nitrogens with zero attached hydrogens (tertiary/aromatic N) is 1. The lowest BCUT2D eigenvalue weighted by molar-refractivity contribution is 0.102. The first kappa shape index (κ1) is 15.3. The number of pyridine rings is 1. The van der Waals surface area contributed by atoms with Crippen LogP contribution in [0.3, 0.4) is 0 Å². The topological polar surface area (TPSA) is 54.0 Å². The smallest absolute Gasteiger partial charge is 0.257 e. The van der Waals surface area contributed by atoms with E-state index in [1.165, 1.54) is 11.8 Å². The molecule has 2 rings (SSSR count). The Morgan fingerprint density at radius 3 is 2.62 bits per heavy atom. The quantitative estimate of drug-likeness (QED) is 0.896. The summed E-state index contributed by atoms with van der Waals surface area (Å²) in [6, 6.07) is 7.41. The summed E-state index contributed by atoms with van der Waals surface area (Å²) in [5, 5.41) is 6.31. The molecule has 2 aromatic rings. The summed E-state index contributed by atoms with van der Waals surface area (Å²) in [5.41, 5.74) is 3.51. The van der Waals surface area contributed by atoms with E-state index >= 15 is 0 Å². The van der Waals surface area contributed by atoms with E-state index in [9.17, 15) is 4.79 Å². The number of benzene rings is 1. The van der Waals surface area contributed by atoms with Crippen molar-refractivity contribution < 1.29 is 4.79 Å². The fourth-order valence-electron chi connectivity index (χ4n) is 1.88. The molecular formula is C16H18ClN3O. The lowest BCUT2D eigenvalue weighted by atomic mass is 10.1. The summed E-state index contributed by atoms with van der Waals surface area (Å²) in [4.78, 5) is 16.4. The second-order valence-corrected chi connectivity index (χ2v) is 5.25. The normalized spacial score (nSPS) is 10.3. The van der Waals surface area contributed by atoms with Crippen LogP contribution >= 0.6 is 11.6 Å². The SMILES string of the molecule is CCNc1ncc(C(=O)Nc2ccc(C)c(C)c2)cc1Cl. The second-order valence-electron chi connectivity index (χ2n) is 4.84. The Balaban J connectivity index is 2.16. The average Bonchev–Trinajstić information content (AvgIpc) is 2.45. The van der Waals surface area contributed by atoms with Gasteiger partial charge in [-0.2, -0.15) is 0 Å². The van der Waals surface area contributed by atoms with Crippen molar-refractivity contribution in [2.24, 2.45) is 0 Å². The summed E-state index contributed by atoms with van der Waals surface area (Å²) < 4.78 is 0. The van der Waals surface area contributed by atoms with Crippen molar-refractivity contribution in [2.45, 2.75) is 20.8 Å². The van der Waals surface area contributed by atoms with Gasteiger partial charge in [0.15, 0.2) is 0 Å². The monoisotopic (exact) mass is 303 g/mol. The first-order valence-corrected chi connectivity index (χ1v) is 7.17. The van der Waals surface area contributed by atoms with Crippen LogP contribution in [0.15, 0.2) is 30.5 Å². The van der Waals surface area contributed by atoms with Crippen molar-refractivity contribution in [2.75, 3.05) is 17.2 Å². The molecule has 1 amide bonds. The van der Waals surface area contributed by atoms with Crippen molar-refractivity contribution in [3.05, 3.63) is 52.2 Å². The summed E-state index contributed by atoms with van der Waals surface area (Å²) in [7, 11) is 0. The zero-order valence-electron chi connectivity index (χ0n) is 12.3. The molecule has 0 atom stereocenters. The lowest BCUT2D eigenvalue weighted by Crippen LogP contribution is -2.13. The highest BCUT2D eigenvalue weighted by atomic mass is 35.5. The molecule has 21 heavy (non-hydrogen) atoms. The van der Waals surface area contributed by atoms with Crippen LogP contribution in [0.25, 0.3) is 0 Å². The fourth-order valence-corrected chi connectivity index (χ4v) is 2.12. The van der Waals surface area contributed by atoms with E-state index in [1.54, 1.807) is 6.07 Å². The number of carbonyl (C=O) groups excluding carboxylic acids is 1. The number of hydrogen-bond acceptors (Lipinski definition) is 3. The third-order valence-corrected chi connectivity index (χ3v) is 3.50. The number of nitrogens with one attached hydrogen (secondary N) is 2. The van der Waals surface area contributed by atoms with E-state index in [0.29, 0.717) is 16.4 Å². The van der Waals surface area contributed by atoms with Crippen LogP contribution in [0.1, 0.15) is 28.4 Å². The predicted octanol–water partition coefficient (Wildman–Crippen LogP) is 4.04. The molecule has 0 aliphatic rings. The van der Waals surface area contributed by atoms with Gasteiger partial charge < -0.3 is 10.6 Å². The van der Waals surface area contributed by atoms with Gasteiger partial charge in [0.2, 0.25) is 0 Å². The van der Waals surface area contributed by atoms with Gasteiger partial charge in [-0.1, -0.05) is 17.7 Å². The largest absolute Gasteiger partial charge is 0.369 e. The molecule has 0 saturated heterocycles. The molecule has 0 fully saturated rings. The van der Waals surface area contributed by atoms with Crippen LogP contribution < -0.4 is 10.6 Å². The van der Waals surface area contributed by atoms with Crippen molar-refractivity contribution >= 4 is 29.0 Å². The maximum absolute atomic E-state index is 12.2. The minimum absolute atomic E-state index is 0.226. The van der Waals surface area contributed by atoms with Crippen molar-refractivity contribution in [1.29, 1.82) is 0 Å². The van der Waals surface area contributed by atoms with Crippen LogP contribution in [0.5, 0.6) is 0 Å². The van der Waals surface area contributed by atoms with E-state index in [1.807, 2.05) is 39.0 Å². The molecule has 0 saturated carbocycles. The molecule has 0 aliphatic heterocycles. The molecule has 2 N–H and O–H groups in total. The van der Waals surface area contributed by atoms with Gasteiger partial charge in [-0.3, -0.25) is 4.79 Å². The maximum atomic E-state index is 12.2. The summed E-state index contributed by atoms with van der Waals surface area (Å²) in [5.74, 6) is 0.359. The first-order valence-electron chi connectivity index (χ1n) is 6.79. The Hall–Kier alpha value is -2.07. The standard InChI is InChI=1S/C16H18ClN3O/c1-4-18-15-14(17)8-12(9-19-15)16(21)20-13-6-5-10(2)11(3)7-13/h5-9H,4H2,1-3H3,(H,18,19)(H,20,21). The van der Waals surface area contributed by atoms with Crippen LogP contribution in [0.4, 0.5) is 11.5 Å². The van der Waals surface area contributed by atoms with E-state index in [2.05, 4.69) is 15.6 Å².